The molecule has 6 rings (SSSR count). The summed E-state index contributed by atoms with van der Waals surface area (Å²) in [6.07, 6.45) is 14.0. The minimum Gasteiger partial charge on any atom is -1.00 e. The molecule has 0 aliphatic heterocycles. The first-order valence-corrected chi connectivity index (χ1v) is 17.8. The molecule has 3 unspecified atom stereocenters. The molecule has 3 atom stereocenters. The molecule has 0 N–H and O–H groups in total. The summed E-state index contributed by atoms with van der Waals surface area (Å²) < 4.78 is 0. The normalized spacial score (nSPS) is 23.9. The molecule has 0 radical (unpaired) electrons. The Hall–Kier alpha value is -0.877. The van der Waals surface area contributed by atoms with Gasteiger partial charge >= 0.3 is 26.2 Å². The summed E-state index contributed by atoms with van der Waals surface area (Å²) >= 11 is 0. The number of hydrogen-bond acceptors (Lipinski definition) is 0. The van der Waals surface area contributed by atoms with Gasteiger partial charge in [-0.05, 0) is 130 Å². The second-order valence-corrected chi connectivity index (χ2v) is 18.5. The van der Waals surface area contributed by atoms with Crippen LogP contribution in [0.2, 0.25) is 0 Å². The van der Waals surface area contributed by atoms with E-state index >= 15 is 0 Å². The number of benzene rings is 2. The molecule has 0 spiro atoms. The Morgan fingerprint density at radius 3 is 1.64 bits per heavy atom. The van der Waals surface area contributed by atoms with Crippen molar-refractivity contribution in [2.45, 2.75) is 139 Å². The van der Waals surface area contributed by atoms with E-state index in [4.69, 9.17) is 0 Å². The standard InChI is InChI=1S/C44H60.2ClH.Zr/c1-26(2)44(25-36(29-17-15-14-16-18-29)33-21-30(22-39(33)44)41(5,6)7)40-34-19-27(3)37(42(8,9)10)23-31(34)32-24-38(43(11,12)13)28(4)20-35(32)40;;;/h14-15,19-20,22-24,26,29,36,40H,16-18,21,25H2,1-13H3;2*1H;/q;;;+2/p-2. The van der Waals surface area contributed by atoms with Crippen LogP contribution in [0.15, 0.2) is 59.2 Å². The van der Waals surface area contributed by atoms with Crippen LogP contribution < -0.4 is 24.8 Å². The molecule has 0 bridgehead atoms. The smallest absolute Gasteiger partial charge is 1.00 e. The maximum atomic E-state index is 2.73. The molecular formula is C44H60Cl2Zr. The zero-order chi connectivity index (χ0) is 32.1. The molecule has 2 aromatic carbocycles. The molecule has 0 heterocycles. The molecular weight excluding hydrogens is 691 g/mol. The largest absolute Gasteiger partial charge is 2.00 e. The van der Waals surface area contributed by atoms with Gasteiger partial charge in [0.05, 0.1) is 0 Å². The first-order chi connectivity index (χ1) is 20.4. The maximum absolute atomic E-state index is 2.73. The molecule has 47 heavy (non-hydrogen) atoms. The summed E-state index contributed by atoms with van der Waals surface area (Å²) in [6, 6.07) is 10.5. The van der Waals surface area contributed by atoms with Crippen LogP contribution in [0.3, 0.4) is 0 Å². The summed E-state index contributed by atoms with van der Waals surface area (Å²) in [5.74, 6) is 2.39. The summed E-state index contributed by atoms with van der Waals surface area (Å²) in [7, 11) is 0. The third-order valence-electron chi connectivity index (χ3n) is 12.3. The Morgan fingerprint density at radius 1 is 0.723 bits per heavy atom. The molecule has 4 aliphatic rings. The number of rotatable bonds is 3. The van der Waals surface area contributed by atoms with E-state index in [0.29, 0.717) is 17.8 Å². The van der Waals surface area contributed by atoms with Gasteiger partial charge in [0, 0.05) is 11.3 Å². The fourth-order valence-corrected chi connectivity index (χ4v) is 9.99. The van der Waals surface area contributed by atoms with E-state index in [0.717, 1.165) is 5.92 Å². The van der Waals surface area contributed by atoms with Crippen molar-refractivity contribution in [3.63, 3.8) is 0 Å². The first-order valence-electron chi connectivity index (χ1n) is 17.8. The average molecular weight is 751 g/mol. The van der Waals surface area contributed by atoms with Crippen LogP contribution in [0.5, 0.6) is 0 Å². The Kier molecular flexibility index (Phi) is 11.8. The Balaban J connectivity index is 0.00000200. The summed E-state index contributed by atoms with van der Waals surface area (Å²) in [5, 5.41) is 0. The molecule has 2 aromatic rings. The van der Waals surface area contributed by atoms with Crippen LogP contribution in [0.4, 0.5) is 0 Å². The van der Waals surface area contributed by atoms with E-state index in [-0.39, 0.29) is 72.7 Å². The minimum absolute atomic E-state index is 0. The van der Waals surface area contributed by atoms with Gasteiger partial charge in [0.25, 0.3) is 0 Å². The molecule has 0 fully saturated rings. The van der Waals surface area contributed by atoms with E-state index in [1.54, 1.807) is 22.3 Å². The van der Waals surface area contributed by atoms with Crippen molar-refractivity contribution in [3.8, 4) is 11.1 Å². The van der Waals surface area contributed by atoms with Crippen molar-refractivity contribution in [2.75, 3.05) is 0 Å². The molecule has 0 nitrogen and oxygen atoms in total. The predicted octanol–water partition coefficient (Wildman–Crippen LogP) is 6.71. The number of aryl methyl sites for hydroxylation is 2. The number of fused-ring (bicyclic) bond motifs is 3. The van der Waals surface area contributed by atoms with Gasteiger partial charge in [-0.2, -0.15) is 0 Å². The fraction of sp³-hybridized carbons (Fsp3) is 0.591. The Labute approximate surface area is 320 Å². The third kappa shape index (κ3) is 6.67. The molecule has 0 saturated carbocycles. The van der Waals surface area contributed by atoms with E-state index < -0.39 is 0 Å². The van der Waals surface area contributed by atoms with Crippen molar-refractivity contribution >= 4 is 0 Å². The average Bonchev–Trinajstić information content (AvgIpc) is 3.56. The monoisotopic (exact) mass is 748 g/mol. The zero-order valence-electron chi connectivity index (χ0n) is 31.6. The van der Waals surface area contributed by atoms with E-state index in [1.807, 2.05) is 5.57 Å². The molecule has 254 valence electrons. The van der Waals surface area contributed by atoms with Crippen molar-refractivity contribution in [3.05, 3.63) is 92.6 Å². The summed E-state index contributed by atoms with van der Waals surface area (Å²) in [6.45, 7) is 31.5. The number of hydrogen-bond donors (Lipinski definition) is 0. The predicted molar refractivity (Wildman–Crippen MR) is 192 cm³/mol. The first kappa shape index (κ1) is 40.6. The summed E-state index contributed by atoms with van der Waals surface area (Å²) in [5.41, 5.74) is 17.8. The Morgan fingerprint density at radius 2 is 1.23 bits per heavy atom. The van der Waals surface area contributed by atoms with Gasteiger partial charge in [-0.15, -0.1) is 0 Å². The van der Waals surface area contributed by atoms with E-state index in [1.165, 1.54) is 65.5 Å². The maximum Gasteiger partial charge on any atom is 2.00 e. The van der Waals surface area contributed by atoms with Gasteiger partial charge in [0.15, 0.2) is 0 Å². The number of halogens is 2. The van der Waals surface area contributed by atoms with Crippen molar-refractivity contribution in [1.82, 2.24) is 0 Å². The van der Waals surface area contributed by atoms with E-state index in [9.17, 15) is 0 Å². The van der Waals surface area contributed by atoms with Crippen molar-refractivity contribution in [1.29, 1.82) is 0 Å². The van der Waals surface area contributed by atoms with Crippen molar-refractivity contribution < 1.29 is 51.0 Å². The van der Waals surface area contributed by atoms with Crippen LogP contribution in [0, 0.1) is 42.4 Å². The zero-order valence-corrected chi connectivity index (χ0v) is 35.6. The Bertz CT molecular complexity index is 1530. The van der Waals surface area contributed by atoms with Gasteiger partial charge in [-0.3, -0.25) is 0 Å². The molecule has 0 amide bonds. The second-order valence-electron chi connectivity index (χ2n) is 18.5. The van der Waals surface area contributed by atoms with Crippen LogP contribution >= 0.6 is 0 Å². The van der Waals surface area contributed by atoms with Gasteiger partial charge in [-0.1, -0.05) is 130 Å². The second kappa shape index (κ2) is 13.7. The van der Waals surface area contributed by atoms with Gasteiger partial charge < -0.3 is 24.8 Å². The van der Waals surface area contributed by atoms with Gasteiger partial charge in [0.1, 0.15) is 0 Å². The SMILES string of the molecule is Cc1cc2c(cc1C(C)(C)C)-c1cc(C(C)(C)C)c(C)cc1C2C1(C(C)C)CC(C2CC=CCC2)C2=C1C=C(C(C)(C)C)C2.[Cl-].[Cl-].[Zr+2]. The summed E-state index contributed by atoms with van der Waals surface area (Å²) in [4.78, 5) is 0. The van der Waals surface area contributed by atoms with Crippen molar-refractivity contribution in [2.24, 2.45) is 28.6 Å². The number of allylic oxidation sites excluding steroid dienone is 6. The minimum atomic E-state index is 0. The van der Waals surface area contributed by atoms with Gasteiger partial charge in [-0.25, -0.2) is 0 Å². The molecule has 3 heteroatoms. The van der Waals surface area contributed by atoms with Gasteiger partial charge in [0.2, 0.25) is 0 Å². The van der Waals surface area contributed by atoms with Crippen LogP contribution in [0.25, 0.3) is 11.1 Å². The molecule has 0 saturated heterocycles. The van der Waals surface area contributed by atoms with Crippen LogP contribution in [0.1, 0.15) is 148 Å². The topological polar surface area (TPSA) is 0 Å². The van der Waals surface area contributed by atoms with Crippen LogP contribution in [-0.4, -0.2) is 0 Å². The van der Waals surface area contributed by atoms with E-state index in [2.05, 4.69) is 133 Å². The van der Waals surface area contributed by atoms with Crippen LogP contribution in [-0.2, 0) is 37.0 Å². The molecule has 0 aromatic heterocycles. The molecule has 4 aliphatic carbocycles. The quantitative estimate of drug-likeness (QED) is 0.307. The third-order valence-corrected chi connectivity index (χ3v) is 12.3. The fourth-order valence-electron chi connectivity index (χ4n) is 9.99.